The van der Waals surface area contributed by atoms with E-state index in [1.54, 1.807) is 0 Å². The van der Waals surface area contributed by atoms with Crippen LogP contribution in [0.4, 0.5) is 0 Å². The van der Waals surface area contributed by atoms with Crippen molar-refractivity contribution in [1.29, 1.82) is 0 Å². The van der Waals surface area contributed by atoms with Crippen LogP contribution in [0.5, 0.6) is 0 Å². The molecule has 1 aliphatic rings. The summed E-state index contributed by atoms with van der Waals surface area (Å²) in [7, 11) is 6.66. The molecule has 1 aliphatic carbocycles. The zero-order valence-corrected chi connectivity index (χ0v) is 14.4. The van der Waals surface area contributed by atoms with Gasteiger partial charge in [0, 0.05) is 34.4 Å². The van der Waals surface area contributed by atoms with E-state index in [-0.39, 0.29) is 0 Å². The molecule has 0 aliphatic heterocycles. The zero-order valence-electron chi connectivity index (χ0n) is 13.6. The van der Waals surface area contributed by atoms with E-state index in [9.17, 15) is 0 Å². The summed E-state index contributed by atoms with van der Waals surface area (Å²) in [6, 6.07) is 2.66. The average Bonchev–Trinajstić information content (AvgIpc) is 2.64. The number of hydrogen-bond acceptors (Lipinski definition) is 4. The molecule has 114 valence electrons. The number of aryl methyl sites for hydroxylation is 2. The van der Waals surface area contributed by atoms with Crippen LogP contribution in [0.2, 0.25) is 0 Å². The second-order valence-corrected chi connectivity index (χ2v) is 7.97. The van der Waals surface area contributed by atoms with Crippen molar-refractivity contribution in [1.82, 2.24) is 9.80 Å². The molecule has 0 saturated heterocycles. The van der Waals surface area contributed by atoms with Crippen molar-refractivity contribution in [3.05, 3.63) is 21.4 Å². The summed E-state index contributed by atoms with van der Waals surface area (Å²) in [6.45, 7) is 6.20. The van der Waals surface area contributed by atoms with Crippen LogP contribution in [0.25, 0.3) is 0 Å². The highest BCUT2D eigenvalue weighted by molar-refractivity contribution is 7.12. The van der Waals surface area contributed by atoms with Gasteiger partial charge in [0.1, 0.15) is 0 Å². The van der Waals surface area contributed by atoms with Gasteiger partial charge in [-0.3, -0.25) is 4.90 Å². The largest absolute Gasteiger partial charge is 0.329 e. The molecule has 0 bridgehead atoms. The summed E-state index contributed by atoms with van der Waals surface area (Å²) in [5.41, 5.74) is 7.87. The van der Waals surface area contributed by atoms with Crippen LogP contribution in [-0.4, -0.2) is 49.6 Å². The Bertz CT molecular complexity index is 449. The molecule has 1 aromatic heterocycles. The Morgan fingerprint density at radius 1 is 1.30 bits per heavy atom. The lowest BCUT2D eigenvalue weighted by Crippen LogP contribution is -2.57. The quantitative estimate of drug-likeness (QED) is 0.876. The molecule has 1 heterocycles. The summed E-state index contributed by atoms with van der Waals surface area (Å²) < 4.78 is 0. The van der Waals surface area contributed by atoms with Crippen molar-refractivity contribution in [3.8, 4) is 0 Å². The second-order valence-electron chi connectivity index (χ2n) is 6.51. The van der Waals surface area contributed by atoms with E-state index in [4.69, 9.17) is 5.73 Å². The normalized spacial score (nSPS) is 19.4. The summed E-state index contributed by atoms with van der Waals surface area (Å²) in [4.78, 5) is 7.67. The lowest BCUT2D eigenvalue weighted by molar-refractivity contribution is 0.0168. The summed E-state index contributed by atoms with van der Waals surface area (Å²) in [5.74, 6) is 0. The second kappa shape index (κ2) is 6.14. The van der Waals surface area contributed by atoms with E-state index in [0.717, 1.165) is 6.54 Å². The van der Waals surface area contributed by atoms with E-state index >= 15 is 0 Å². The molecule has 1 unspecified atom stereocenters. The van der Waals surface area contributed by atoms with Crippen LogP contribution in [0.3, 0.4) is 0 Å². The van der Waals surface area contributed by atoms with Crippen molar-refractivity contribution in [2.24, 2.45) is 5.73 Å². The predicted octanol–water partition coefficient (Wildman–Crippen LogP) is 2.78. The first kappa shape index (κ1) is 16.0. The van der Waals surface area contributed by atoms with Gasteiger partial charge in [0.05, 0.1) is 0 Å². The molecule has 0 aromatic carbocycles. The van der Waals surface area contributed by atoms with Gasteiger partial charge < -0.3 is 10.6 Å². The summed E-state index contributed by atoms with van der Waals surface area (Å²) in [5, 5.41) is 0. The van der Waals surface area contributed by atoms with Crippen LogP contribution in [0.1, 0.15) is 40.6 Å². The van der Waals surface area contributed by atoms with E-state index in [1.165, 1.54) is 34.6 Å². The maximum atomic E-state index is 6.09. The molecule has 0 amide bonds. The lowest BCUT2D eigenvalue weighted by atomic mass is 9.75. The fourth-order valence-electron chi connectivity index (χ4n) is 3.43. The third-order valence-corrected chi connectivity index (χ3v) is 5.95. The van der Waals surface area contributed by atoms with Gasteiger partial charge in [-0.25, -0.2) is 0 Å². The number of rotatable bonds is 6. The third-order valence-electron chi connectivity index (χ3n) is 4.97. The molecule has 20 heavy (non-hydrogen) atoms. The standard InChI is InChI=1S/C16H29N3S/c1-12-9-14(13(2)20-12)15(10-17)19(5)11-16(18(3)4)7-6-8-16/h9,15H,6-8,10-11,17H2,1-5H3. The monoisotopic (exact) mass is 295 g/mol. The van der Waals surface area contributed by atoms with Gasteiger partial charge >= 0.3 is 0 Å². The maximum Gasteiger partial charge on any atom is 0.0479 e. The Kier molecular flexibility index (Phi) is 4.90. The Labute approximate surface area is 127 Å². The number of thiophene rings is 1. The minimum atomic E-state index is 0.345. The fraction of sp³-hybridized carbons (Fsp3) is 0.750. The van der Waals surface area contributed by atoms with E-state index in [0.29, 0.717) is 18.1 Å². The molecule has 3 nitrogen and oxygen atoms in total. The van der Waals surface area contributed by atoms with Crippen LogP contribution in [-0.2, 0) is 0 Å². The van der Waals surface area contributed by atoms with Gasteiger partial charge in [-0.05, 0) is 65.9 Å². The highest BCUT2D eigenvalue weighted by Crippen LogP contribution is 2.38. The average molecular weight is 295 g/mol. The topological polar surface area (TPSA) is 32.5 Å². The van der Waals surface area contributed by atoms with Gasteiger partial charge in [0.2, 0.25) is 0 Å². The highest BCUT2D eigenvalue weighted by Gasteiger charge is 2.40. The Morgan fingerprint density at radius 2 is 1.95 bits per heavy atom. The Morgan fingerprint density at radius 3 is 2.30 bits per heavy atom. The van der Waals surface area contributed by atoms with Gasteiger partial charge in [-0.1, -0.05) is 0 Å². The van der Waals surface area contributed by atoms with Crippen molar-refractivity contribution in [2.75, 3.05) is 34.2 Å². The maximum absolute atomic E-state index is 6.09. The first-order valence-electron chi connectivity index (χ1n) is 7.54. The van der Waals surface area contributed by atoms with E-state index in [1.807, 2.05) is 11.3 Å². The molecule has 0 spiro atoms. The van der Waals surface area contributed by atoms with Crippen LogP contribution in [0, 0.1) is 13.8 Å². The SMILES string of the molecule is Cc1cc(C(CN)N(C)CC2(N(C)C)CCC2)c(C)s1. The molecule has 2 rings (SSSR count). The minimum absolute atomic E-state index is 0.345. The smallest absolute Gasteiger partial charge is 0.0479 e. The van der Waals surface area contributed by atoms with Crippen molar-refractivity contribution >= 4 is 11.3 Å². The zero-order chi connectivity index (χ0) is 14.9. The van der Waals surface area contributed by atoms with E-state index < -0.39 is 0 Å². The summed E-state index contributed by atoms with van der Waals surface area (Å²) in [6.07, 6.45) is 3.97. The van der Waals surface area contributed by atoms with Gasteiger partial charge in [-0.2, -0.15) is 0 Å². The number of nitrogens with two attached hydrogens (primary N) is 1. The Balaban J connectivity index is 2.13. The third kappa shape index (κ3) is 2.93. The molecule has 1 atom stereocenters. The lowest BCUT2D eigenvalue weighted by Gasteiger charge is -2.50. The summed E-state index contributed by atoms with van der Waals surface area (Å²) >= 11 is 1.88. The first-order valence-corrected chi connectivity index (χ1v) is 8.36. The van der Waals surface area contributed by atoms with Gasteiger partial charge in [-0.15, -0.1) is 11.3 Å². The number of likely N-dealkylation sites (N-methyl/N-ethyl adjacent to an activating group) is 2. The minimum Gasteiger partial charge on any atom is -0.329 e. The first-order chi connectivity index (χ1) is 9.39. The van der Waals surface area contributed by atoms with Crippen LogP contribution >= 0.6 is 11.3 Å². The van der Waals surface area contributed by atoms with Gasteiger partial charge in [0.25, 0.3) is 0 Å². The van der Waals surface area contributed by atoms with E-state index in [2.05, 4.69) is 50.9 Å². The fourth-order valence-corrected chi connectivity index (χ4v) is 4.41. The molecule has 1 saturated carbocycles. The molecule has 1 fully saturated rings. The molecule has 1 aromatic rings. The Hall–Kier alpha value is -0.420. The van der Waals surface area contributed by atoms with Crippen molar-refractivity contribution in [2.45, 2.75) is 44.7 Å². The molecule has 2 N–H and O–H groups in total. The number of nitrogens with zero attached hydrogens (tertiary/aromatic N) is 2. The molecular formula is C16H29N3S. The van der Waals surface area contributed by atoms with Crippen molar-refractivity contribution < 1.29 is 0 Å². The molecule has 4 heteroatoms. The predicted molar refractivity (Wildman–Crippen MR) is 88.5 cm³/mol. The van der Waals surface area contributed by atoms with Crippen molar-refractivity contribution in [3.63, 3.8) is 0 Å². The number of hydrogen-bond donors (Lipinski definition) is 1. The molecular weight excluding hydrogens is 266 g/mol. The molecule has 0 radical (unpaired) electrons. The van der Waals surface area contributed by atoms with Crippen LogP contribution in [0.15, 0.2) is 6.07 Å². The highest BCUT2D eigenvalue weighted by atomic mass is 32.1. The van der Waals surface area contributed by atoms with Crippen LogP contribution < -0.4 is 5.73 Å². The van der Waals surface area contributed by atoms with Gasteiger partial charge in [0.15, 0.2) is 0 Å².